The van der Waals surface area contributed by atoms with Gasteiger partial charge in [0.2, 0.25) is 0 Å². The number of pyridine rings is 1. The van der Waals surface area contributed by atoms with E-state index in [0.29, 0.717) is 6.04 Å². The third-order valence-electron chi connectivity index (χ3n) is 4.63. The molecule has 1 aliphatic rings. The van der Waals surface area contributed by atoms with Gasteiger partial charge in [0.05, 0.1) is 12.7 Å². The van der Waals surface area contributed by atoms with E-state index in [0.717, 1.165) is 39.2 Å². The first-order chi connectivity index (χ1) is 11.8. The Morgan fingerprint density at radius 2 is 1.96 bits per heavy atom. The van der Waals surface area contributed by atoms with Crippen LogP contribution in [0.1, 0.15) is 24.5 Å². The molecule has 0 spiro atoms. The second-order valence-electron chi connectivity index (χ2n) is 6.38. The van der Waals surface area contributed by atoms with Crippen molar-refractivity contribution in [3.8, 4) is 0 Å². The lowest BCUT2D eigenvalue weighted by molar-refractivity contribution is -0.0499. The zero-order valence-corrected chi connectivity index (χ0v) is 14.4. The molecule has 1 saturated heterocycles. The first kappa shape index (κ1) is 17.1. The van der Waals surface area contributed by atoms with Crippen LogP contribution in [-0.4, -0.2) is 41.7 Å². The van der Waals surface area contributed by atoms with Gasteiger partial charge in [-0.15, -0.1) is 0 Å². The fourth-order valence-corrected chi connectivity index (χ4v) is 3.25. The van der Waals surface area contributed by atoms with Crippen molar-refractivity contribution in [3.63, 3.8) is 0 Å². The van der Waals surface area contributed by atoms with Gasteiger partial charge in [-0.3, -0.25) is 9.88 Å². The predicted octanol–water partition coefficient (Wildman–Crippen LogP) is 2.85. The van der Waals surface area contributed by atoms with Crippen LogP contribution in [-0.2, 0) is 17.8 Å². The lowest BCUT2D eigenvalue weighted by Gasteiger charge is -2.37. The topological polar surface area (TPSA) is 37.4 Å². The number of hydrogen-bond acceptors (Lipinski definition) is 4. The minimum atomic E-state index is 0.245. The summed E-state index contributed by atoms with van der Waals surface area (Å²) < 4.78 is 6.07. The third-order valence-corrected chi connectivity index (χ3v) is 4.63. The summed E-state index contributed by atoms with van der Waals surface area (Å²) in [5, 5.41) is 3.66. The number of benzene rings is 1. The highest BCUT2D eigenvalue weighted by molar-refractivity contribution is 5.14. The van der Waals surface area contributed by atoms with Crippen molar-refractivity contribution in [2.24, 2.45) is 0 Å². The standard InChI is InChI=1S/C20H27N3O/c1-2-19(22-14-17-8-10-21-11-9-17)20-16-23(12-13-24-20)15-18-6-4-3-5-7-18/h3-11,19-20,22H,2,12-16H2,1H3/t19-,20-/m1/s1. The first-order valence-corrected chi connectivity index (χ1v) is 8.85. The maximum absolute atomic E-state index is 6.07. The summed E-state index contributed by atoms with van der Waals surface area (Å²) >= 11 is 0. The molecule has 1 aromatic carbocycles. The third kappa shape index (κ3) is 4.87. The molecule has 4 heteroatoms. The van der Waals surface area contributed by atoms with Crippen molar-refractivity contribution in [1.82, 2.24) is 15.2 Å². The average molecular weight is 325 g/mol. The molecule has 0 radical (unpaired) electrons. The Kier molecular flexibility index (Phi) is 6.35. The molecular formula is C20H27N3O. The lowest BCUT2D eigenvalue weighted by Crippen LogP contribution is -2.51. The first-order valence-electron chi connectivity index (χ1n) is 8.85. The molecule has 1 aromatic heterocycles. The van der Waals surface area contributed by atoms with Crippen LogP contribution in [0.3, 0.4) is 0 Å². The van der Waals surface area contributed by atoms with E-state index in [1.165, 1.54) is 11.1 Å². The Morgan fingerprint density at radius 3 is 2.71 bits per heavy atom. The quantitative estimate of drug-likeness (QED) is 0.849. The summed E-state index contributed by atoms with van der Waals surface area (Å²) in [5.41, 5.74) is 2.64. The minimum absolute atomic E-state index is 0.245. The van der Waals surface area contributed by atoms with Crippen molar-refractivity contribution >= 4 is 0 Å². The molecule has 128 valence electrons. The largest absolute Gasteiger partial charge is 0.374 e. The van der Waals surface area contributed by atoms with Gasteiger partial charge in [-0.25, -0.2) is 0 Å². The fraction of sp³-hybridized carbons (Fsp3) is 0.450. The normalized spacial score (nSPS) is 20.0. The molecule has 1 aliphatic heterocycles. The minimum Gasteiger partial charge on any atom is -0.374 e. The van der Waals surface area contributed by atoms with Crippen LogP contribution in [0.5, 0.6) is 0 Å². The Labute approximate surface area is 144 Å². The van der Waals surface area contributed by atoms with Crippen LogP contribution in [0.2, 0.25) is 0 Å². The van der Waals surface area contributed by atoms with Crippen molar-refractivity contribution in [2.75, 3.05) is 19.7 Å². The van der Waals surface area contributed by atoms with Crippen LogP contribution < -0.4 is 5.32 Å². The van der Waals surface area contributed by atoms with Gasteiger partial charge in [-0.05, 0) is 29.7 Å². The lowest BCUT2D eigenvalue weighted by atomic mass is 10.1. The molecule has 0 unspecified atom stereocenters. The Hall–Kier alpha value is -1.75. The molecule has 0 aliphatic carbocycles. The number of hydrogen-bond donors (Lipinski definition) is 1. The van der Waals surface area contributed by atoms with Crippen LogP contribution >= 0.6 is 0 Å². The monoisotopic (exact) mass is 325 g/mol. The molecule has 2 atom stereocenters. The van der Waals surface area contributed by atoms with Gasteiger partial charge in [0.25, 0.3) is 0 Å². The van der Waals surface area contributed by atoms with Crippen LogP contribution in [0, 0.1) is 0 Å². The molecule has 2 aromatic rings. The highest BCUT2D eigenvalue weighted by Crippen LogP contribution is 2.15. The van der Waals surface area contributed by atoms with Crippen molar-refractivity contribution in [2.45, 2.75) is 38.6 Å². The molecule has 3 rings (SSSR count). The number of morpholine rings is 1. The summed E-state index contributed by atoms with van der Waals surface area (Å²) in [7, 11) is 0. The van der Waals surface area contributed by atoms with Crippen molar-refractivity contribution in [1.29, 1.82) is 0 Å². The van der Waals surface area contributed by atoms with Gasteiger partial charge in [-0.2, -0.15) is 0 Å². The molecule has 2 heterocycles. The summed E-state index contributed by atoms with van der Waals surface area (Å²) in [6.45, 7) is 6.89. The van der Waals surface area contributed by atoms with Gasteiger partial charge in [0.15, 0.2) is 0 Å². The zero-order chi connectivity index (χ0) is 16.6. The highest BCUT2D eigenvalue weighted by atomic mass is 16.5. The fourth-order valence-electron chi connectivity index (χ4n) is 3.25. The average Bonchev–Trinajstić information content (AvgIpc) is 2.64. The molecule has 0 bridgehead atoms. The predicted molar refractivity (Wildman–Crippen MR) is 96.6 cm³/mol. The van der Waals surface area contributed by atoms with E-state index in [-0.39, 0.29) is 6.10 Å². The Bertz CT molecular complexity index is 590. The van der Waals surface area contributed by atoms with Crippen molar-refractivity contribution in [3.05, 3.63) is 66.0 Å². The molecule has 1 fully saturated rings. The van der Waals surface area contributed by atoms with Gasteiger partial charge >= 0.3 is 0 Å². The Morgan fingerprint density at radius 1 is 1.17 bits per heavy atom. The smallest absolute Gasteiger partial charge is 0.0855 e. The van der Waals surface area contributed by atoms with Gasteiger partial charge in [0.1, 0.15) is 0 Å². The van der Waals surface area contributed by atoms with Crippen LogP contribution in [0.25, 0.3) is 0 Å². The molecule has 0 amide bonds. The zero-order valence-electron chi connectivity index (χ0n) is 14.4. The summed E-state index contributed by atoms with van der Waals surface area (Å²) in [5.74, 6) is 0. The summed E-state index contributed by atoms with van der Waals surface area (Å²) in [6.07, 6.45) is 5.00. The van der Waals surface area contributed by atoms with E-state index < -0.39 is 0 Å². The second-order valence-corrected chi connectivity index (χ2v) is 6.38. The van der Waals surface area contributed by atoms with E-state index in [4.69, 9.17) is 4.74 Å². The van der Waals surface area contributed by atoms with Gasteiger partial charge < -0.3 is 10.1 Å². The number of rotatable bonds is 7. The summed E-state index contributed by atoms with van der Waals surface area (Å²) in [6, 6.07) is 15.2. The second kappa shape index (κ2) is 8.92. The number of aromatic nitrogens is 1. The molecule has 0 saturated carbocycles. The number of nitrogens with zero attached hydrogens (tertiary/aromatic N) is 2. The van der Waals surface area contributed by atoms with E-state index in [2.05, 4.69) is 64.6 Å². The van der Waals surface area contributed by atoms with Crippen LogP contribution in [0.4, 0.5) is 0 Å². The maximum atomic E-state index is 6.07. The van der Waals surface area contributed by atoms with Gasteiger partial charge in [0, 0.05) is 44.6 Å². The Balaban J connectivity index is 1.53. The highest BCUT2D eigenvalue weighted by Gasteiger charge is 2.26. The summed E-state index contributed by atoms with van der Waals surface area (Å²) in [4.78, 5) is 6.57. The van der Waals surface area contributed by atoms with Gasteiger partial charge in [-0.1, -0.05) is 37.3 Å². The molecule has 24 heavy (non-hydrogen) atoms. The number of ether oxygens (including phenoxy) is 1. The SMILES string of the molecule is CC[C@@H](NCc1ccncc1)[C@H]1CN(Cc2ccccc2)CCO1. The number of nitrogens with one attached hydrogen (secondary N) is 1. The molecular weight excluding hydrogens is 298 g/mol. The molecule has 1 N–H and O–H groups in total. The van der Waals surface area contributed by atoms with E-state index in [1.807, 2.05) is 12.4 Å². The van der Waals surface area contributed by atoms with E-state index in [1.54, 1.807) is 0 Å². The van der Waals surface area contributed by atoms with Crippen molar-refractivity contribution < 1.29 is 4.74 Å². The van der Waals surface area contributed by atoms with Crippen LogP contribution in [0.15, 0.2) is 54.9 Å². The molecule has 4 nitrogen and oxygen atoms in total. The maximum Gasteiger partial charge on any atom is 0.0855 e. The van der Waals surface area contributed by atoms with E-state index >= 15 is 0 Å². The van der Waals surface area contributed by atoms with E-state index in [9.17, 15) is 0 Å².